The molecule has 0 radical (unpaired) electrons. The molecular weight excluding hydrogens is 446 g/mol. The van der Waals surface area contributed by atoms with Gasteiger partial charge >= 0.3 is 5.97 Å². The Balaban J connectivity index is 1.36. The molecule has 2 aliphatic heterocycles. The first-order valence-electron chi connectivity index (χ1n) is 10.2. The molecule has 0 aliphatic carbocycles. The minimum atomic E-state index is -1.05. The Labute approximate surface area is 194 Å². The zero-order chi connectivity index (χ0) is 23.4. The second kappa shape index (κ2) is 9.88. The van der Waals surface area contributed by atoms with Crippen LogP contribution in [0.3, 0.4) is 0 Å². The molecule has 10 heteroatoms. The summed E-state index contributed by atoms with van der Waals surface area (Å²) in [6.45, 7) is 2.58. The van der Waals surface area contributed by atoms with E-state index in [1.807, 2.05) is 12.1 Å². The third-order valence-corrected chi connectivity index (χ3v) is 6.07. The van der Waals surface area contributed by atoms with Gasteiger partial charge in [0.1, 0.15) is 6.54 Å². The van der Waals surface area contributed by atoms with E-state index in [4.69, 9.17) is 9.84 Å². The van der Waals surface area contributed by atoms with Crippen molar-refractivity contribution in [3.8, 4) is 0 Å². The van der Waals surface area contributed by atoms with Crippen LogP contribution in [-0.2, 0) is 14.3 Å². The number of nitrogens with one attached hydrogen (secondary N) is 1. The molecule has 2 aromatic carbocycles. The Hall–Kier alpha value is -3.63. The molecule has 0 unspecified atom stereocenters. The number of nitrogens with zero attached hydrogens (tertiary/aromatic N) is 2. The Kier molecular flexibility index (Phi) is 6.76. The van der Waals surface area contributed by atoms with Crippen molar-refractivity contribution in [3.63, 3.8) is 0 Å². The van der Waals surface area contributed by atoms with Crippen molar-refractivity contribution >= 4 is 52.2 Å². The van der Waals surface area contributed by atoms with Gasteiger partial charge in [-0.3, -0.25) is 19.3 Å². The van der Waals surface area contributed by atoms with Crippen LogP contribution in [0.15, 0.2) is 53.4 Å². The summed E-state index contributed by atoms with van der Waals surface area (Å²) in [7, 11) is 0. The first-order chi connectivity index (χ1) is 15.9. The van der Waals surface area contributed by atoms with E-state index >= 15 is 0 Å². The summed E-state index contributed by atoms with van der Waals surface area (Å²) in [4.78, 5) is 51.6. The van der Waals surface area contributed by atoms with E-state index in [1.54, 1.807) is 24.3 Å². The zero-order valence-electron chi connectivity index (χ0n) is 17.5. The smallest absolute Gasteiger partial charge is 0.335 e. The average molecular weight is 468 g/mol. The summed E-state index contributed by atoms with van der Waals surface area (Å²) in [6.07, 6.45) is 1.50. The third-order valence-electron chi connectivity index (χ3n) is 5.16. The molecule has 2 heterocycles. The summed E-state index contributed by atoms with van der Waals surface area (Å²) in [5.41, 5.74) is 2.30. The van der Waals surface area contributed by atoms with Crippen molar-refractivity contribution in [1.29, 1.82) is 0 Å². The maximum atomic E-state index is 12.6. The first-order valence-corrected chi connectivity index (χ1v) is 11.0. The van der Waals surface area contributed by atoms with Gasteiger partial charge in [0.05, 0.1) is 23.7 Å². The van der Waals surface area contributed by atoms with Crippen LogP contribution in [-0.4, -0.2) is 65.9 Å². The van der Waals surface area contributed by atoms with Crippen molar-refractivity contribution < 1.29 is 29.0 Å². The van der Waals surface area contributed by atoms with E-state index in [1.165, 1.54) is 18.2 Å². The van der Waals surface area contributed by atoms with E-state index in [-0.39, 0.29) is 10.5 Å². The quantitative estimate of drug-likeness (QED) is 0.623. The number of amides is 3. The molecule has 170 valence electrons. The number of carboxylic acid groups (broad SMARTS) is 1. The van der Waals surface area contributed by atoms with Crippen molar-refractivity contribution in [1.82, 2.24) is 4.90 Å². The van der Waals surface area contributed by atoms with Crippen LogP contribution in [0.2, 0.25) is 0 Å². The molecule has 2 aliphatic rings. The van der Waals surface area contributed by atoms with E-state index in [2.05, 4.69) is 10.2 Å². The number of carbonyl (C=O) groups is 4. The number of ether oxygens (including phenoxy) is 1. The lowest BCUT2D eigenvalue weighted by Crippen LogP contribution is -2.36. The highest BCUT2D eigenvalue weighted by Gasteiger charge is 2.36. The molecule has 0 aromatic heterocycles. The van der Waals surface area contributed by atoms with Gasteiger partial charge in [0.2, 0.25) is 5.91 Å². The fourth-order valence-electron chi connectivity index (χ4n) is 3.43. The van der Waals surface area contributed by atoms with Crippen LogP contribution < -0.4 is 10.2 Å². The molecular formula is C23H21N3O6S. The number of hydrogen-bond acceptors (Lipinski definition) is 7. The van der Waals surface area contributed by atoms with Gasteiger partial charge < -0.3 is 20.1 Å². The van der Waals surface area contributed by atoms with Gasteiger partial charge in [0.25, 0.3) is 11.1 Å². The number of carbonyl (C=O) groups excluding carboxylic acids is 3. The summed E-state index contributed by atoms with van der Waals surface area (Å²) >= 11 is 0.740. The van der Waals surface area contributed by atoms with E-state index in [0.717, 1.165) is 35.4 Å². The van der Waals surface area contributed by atoms with E-state index in [9.17, 15) is 19.2 Å². The van der Waals surface area contributed by atoms with Gasteiger partial charge in [-0.05, 0) is 59.8 Å². The number of morpholine rings is 1. The molecule has 33 heavy (non-hydrogen) atoms. The molecule has 0 spiro atoms. The maximum Gasteiger partial charge on any atom is 0.335 e. The molecule has 2 aromatic rings. The Morgan fingerprint density at radius 2 is 1.70 bits per heavy atom. The highest BCUT2D eigenvalue weighted by Crippen LogP contribution is 2.32. The zero-order valence-corrected chi connectivity index (χ0v) is 18.3. The summed E-state index contributed by atoms with van der Waals surface area (Å²) in [5, 5.41) is 11.1. The van der Waals surface area contributed by atoms with Gasteiger partial charge in [-0.15, -0.1) is 0 Å². The van der Waals surface area contributed by atoms with Gasteiger partial charge in [-0.1, -0.05) is 12.1 Å². The summed E-state index contributed by atoms with van der Waals surface area (Å²) < 4.78 is 5.35. The minimum absolute atomic E-state index is 0.120. The Morgan fingerprint density at radius 1 is 1.03 bits per heavy atom. The van der Waals surface area contributed by atoms with E-state index in [0.29, 0.717) is 24.5 Å². The number of aromatic carboxylic acids is 1. The van der Waals surface area contributed by atoms with Crippen LogP contribution in [0.5, 0.6) is 0 Å². The number of benzene rings is 2. The molecule has 2 N–H and O–H groups in total. The molecule has 0 saturated carbocycles. The Bertz CT molecular complexity index is 1110. The minimum Gasteiger partial charge on any atom is -0.478 e. The number of imide groups is 1. The molecule has 2 saturated heterocycles. The van der Waals surface area contributed by atoms with Gasteiger partial charge in [-0.25, -0.2) is 4.79 Å². The lowest BCUT2D eigenvalue weighted by molar-refractivity contribution is -0.127. The summed E-state index contributed by atoms with van der Waals surface area (Å²) in [6, 6.07) is 13.3. The van der Waals surface area contributed by atoms with Crippen LogP contribution in [0, 0.1) is 0 Å². The van der Waals surface area contributed by atoms with Crippen molar-refractivity contribution in [2.45, 2.75) is 0 Å². The second-order valence-electron chi connectivity index (χ2n) is 7.39. The number of carboxylic acids is 1. The Morgan fingerprint density at radius 3 is 2.33 bits per heavy atom. The number of hydrogen-bond donors (Lipinski definition) is 2. The molecule has 0 bridgehead atoms. The predicted molar refractivity (Wildman–Crippen MR) is 124 cm³/mol. The van der Waals surface area contributed by atoms with E-state index < -0.39 is 29.6 Å². The van der Waals surface area contributed by atoms with Gasteiger partial charge in [-0.2, -0.15) is 0 Å². The topological polar surface area (TPSA) is 116 Å². The van der Waals surface area contributed by atoms with Crippen LogP contribution in [0.4, 0.5) is 16.2 Å². The fraction of sp³-hybridized carbons (Fsp3) is 0.217. The van der Waals surface area contributed by atoms with Crippen LogP contribution in [0.25, 0.3) is 6.08 Å². The number of rotatable bonds is 6. The predicted octanol–water partition coefficient (Wildman–Crippen LogP) is 2.90. The summed E-state index contributed by atoms with van der Waals surface area (Å²) in [5.74, 6) is -2.10. The van der Waals surface area contributed by atoms with Gasteiger partial charge in [0, 0.05) is 24.5 Å². The first kappa shape index (κ1) is 22.6. The van der Waals surface area contributed by atoms with Gasteiger partial charge in [0.15, 0.2) is 0 Å². The maximum absolute atomic E-state index is 12.6. The van der Waals surface area contributed by atoms with Crippen LogP contribution >= 0.6 is 11.8 Å². The average Bonchev–Trinajstić information content (AvgIpc) is 3.07. The van der Waals surface area contributed by atoms with Crippen LogP contribution in [0.1, 0.15) is 15.9 Å². The number of anilines is 2. The lowest BCUT2D eigenvalue weighted by atomic mass is 10.1. The molecule has 3 amide bonds. The lowest BCUT2D eigenvalue weighted by Gasteiger charge is -2.28. The van der Waals surface area contributed by atoms with Crippen molar-refractivity contribution in [2.24, 2.45) is 0 Å². The van der Waals surface area contributed by atoms with Crippen molar-refractivity contribution in [2.75, 3.05) is 43.1 Å². The second-order valence-corrected chi connectivity index (χ2v) is 8.38. The highest BCUT2D eigenvalue weighted by atomic mass is 32.2. The molecule has 0 atom stereocenters. The molecule has 4 rings (SSSR count). The number of thioether (sulfide) groups is 1. The van der Waals surface area contributed by atoms with Crippen molar-refractivity contribution in [3.05, 3.63) is 64.6 Å². The fourth-order valence-corrected chi connectivity index (χ4v) is 4.27. The SMILES string of the molecule is O=C(CN1C(=O)S/C(=C\c2ccc(C(=O)O)cc2)C1=O)Nc1ccc(N2CCOCC2)cc1. The highest BCUT2D eigenvalue weighted by molar-refractivity contribution is 8.18. The third kappa shape index (κ3) is 5.41. The normalized spacial score (nSPS) is 17.5. The standard InChI is InChI=1S/C23H21N3O6S/c27-20(24-17-5-7-18(8-6-17)25-9-11-32-12-10-25)14-26-21(28)19(33-23(26)31)13-15-1-3-16(4-2-15)22(29)30/h1-8,13H,9-12,14H2,(H,24,27)(H,29,30)/b19-13-. The largest absolute Gasteiger partial charge is 0.478 e. The molecule has 9 nitrogen and oxygen atoms in total. The molecule has 2 fully saturated rings. The monoisotopic (exact) mass is 467 g/mol.